The number of esters is 1. The van der Waals surface area contributed by atoms with Crippen LogP contribution in [0.2, 0.25) is 0 Å². The van der Waals surface area contributed by atoms with Crippen molar-refractivity contribution in [2.45, 2.75) is 53.1 Å². The molecule has 0 aromatic heterocycles. The molecule has 0 unspecified atom stereocenters. The maximum Gasteiger partial charge on any atom is 0.338 e. The number of rotatable bonds is 4. The van der Waals surface area contributed by atoms with Crippen molar-refractivity contribution in [1.29, 1.82) is 0 Å². The first kappa shape index (κ1) is 19.7. The van der Waals surface area contributed by atoms with E-state index >= 15 is 0 Å². The molecule has 0 radical (unpaired) electrons. The average molecular weight is 383 g/mol. The molecule has 0 heterocycles. The van der Waals surface area contributed by atoms with Crippen molar-refractivity contribution < 1.29 is 14.6 Å². The van der Waals surface area contributed by atoms with Crippen molar-refractivity contribution in [2.75, 3.05) is 6.61 Å². The molecule has 0 spiro atoms. The largest absolute Gasteiger partial charge is 0.458 e. The number of aliphatic hydroxyl groups excluding tert-OH is 1. The van der Waals surface area contributed by atoms with Gasteiger partial charge in [0, 0.05) is 12.5 Å². The van der Waals surface area contributed by atoms with Crippen molar-refractivity contribution in [3.8, 4) is 0 Å². The Bertz CT molecular complexity index is 754. The number of hydrogen-bond acceptors (Lipinski definition) is 3. The number of fused-ring (bicyclic) bond motifs is 3. The van der Waals surface area contributed by atoms with E-state index in [-0.39, 0.29) is 30.0 Å². The molecule has 1 aromatic rings. The molecule has 1 aromatic carbocycles. The van der Waals surface area contributed by atoms with E-state index in [1.54, 1.807) is 0 Å². The Morgan fingerprint density at radius 1 is 1.25 bits per heavy atom. The third-order valence-corrected chi connectivity index (χ3v) is 8.31. The molecule has 3 aliphatic carbocycles. The fraction of sp³-hybridized carbons (Fsp3) is 0.640. The summed E-state index contributed by atoms with van der Waals surface area (Å²) in [7, 11) is 0. The Labute approximate surface area is 169 Å². The van der Waals surface area contributed by atoms with Crippen LogP contribution >= 0.6 is 0 Å². The Hall–Kier alpha value is -1.61. The molecule has 28 heavy (non-hydrogen) atoms. The van der Waals surface area contributed by atoms with Gasteiger partial charge < -0.3 is 9.84 Å². The van der Waals surface area contributed by atoms with Gasteiger partial charge in [-0.05, 0) is 80.2 Å². The summed E-state index contributed by atoms with van der Waals surface area (Å²) in [5.74, 6) is 2.46. The third kappa shape index (κ3) is 3.03. The van der Waals surface area contributed by atoms with Crippen LogP contribution in [-0.2, 0) is 4.74 Å². The van der Waals surface area contributed by atoms with Crippen LogP contribution in [0.5, 0.6) is 0 Å². The third-order valence-electron chi connectivity index (χ3n) is 8.31. The van der Waals surface area contributed by atoms with E-state index < -0.39 is 0 Å². The minimum atomic E-state index is -0.200. The first-order chi connectivity index (χ1) is 13.4. The molecule has 8 atom stereocenters. The summed E-state index contributed by atoms with van der Waals surface area (Å²) < 4.78 is 6.12. The van der Waals surface area contributed by atoms with Crippen LogP contribution in [0.4, 0.5) is 0 Å². The van der Waals surface area contributed by atoms with E-state index in [1.807, 2.05) is 30.3 Å². The highest BCUT2D eigenvalue weighted by molar-refractivity contribution is 5.89. The zero-order chi connectivity index (χ0) is 20.1. The number of aliphatic hydroxyl groups is 1. The van der Waals surface area contributed by atoms with E-state index in [1.165, 1.54) is 12.0 Å². The Morgan fingerprint density at radius 2 is 1.96 bits per heavy atom. The van der Waals surface area contributed by atoms with Crippen molar-refractivity contribution >= 4 is 5.97 Å². The van der Waals surface area contributed by atoms with Crippen LogP contribution in [0, 0.1) is 40.9 Å². The van der Waals surface area contributed by atoms with Gasteiger partial charge in [0.1, 0.15) is 6.10 Å². The van der Waals surface area contributed by atoms with Gasteiger partial charge in [-0.2, -0.15) is 0 Å². The summed E-state index contributed by atoms with van der Waals surface area (Å²) in [4.78, 5) is 12.8. The SMILES string of the molecule is CC=C(C)[C@H]1[C@@H](CO)[C@H]2[C@H]([C@@H](OC(=O)c3ccccc3)CC[C@@H]2C)[C@H]2C[C@]21C. The number of allylic oxidation sites excluding steroid dienone is 2. The van der Waals surface area contributed by atoms with Crippen molar-refractivity contribution in [2.24, 2.45) is 40.9 Å². The Kier molecular flexibility index (Phi) is 5.16. The molecule has 0 amide bonds. The predicted molar refractivity (Wildman–Crippen MR) is 111 cm³/mol. The second-order valence-corrected chi connectivity index (χ2v) is 9.69. The lowest BCUT2D eigenvalue weighted by atomic mass is 9.53. The van der Waals surface area contributed by atoms with Crippen LogP contribution in [-0.4, -0.2) is 23.8 Å². The molecule has 0 aliphatic heterocycles. The zero-order valence-electron chi connectivity index (χ0n) is 17.6. The summed E-state index contributed by atoms with van der Waals surface area (Å²) in [5, 5.41) is 10.4. The molecule has 0 saturated heterocycles. The van der Waals surface area contributed by atoms with Gasteiger partial charge in [-0.3, -0.25) is 0 Å². The van der Waals surface area contributed by atoms with E-state index in [2.05, 4.69) is 33.8 Å². The molecular weight excluding hydrogens is 348 g/mol. The molecule has 0 bridgehead atoms. The monoisotopic (exact) mass is 382 g/mol. The minimum absolute atomic E-state index is 0.0263. The summed E-state index contributed by atoms with van der Waals surface area (Å²) in [5.41, 5.74) is 2.28. The average Bonchev–Trinajstić information content (AvgIpc) is 3.40. The van der Waals surface area contributed by atoms with Gasteiger partial charge in [0.05, 0.1) is 5.56 Å². The first-order valence-electron chi connectivity index (χ1n) is 10.9. The molecular formula is C25H34O3. The highest BCUT2D eigenvalue weighted by Gasteiger charge is 2.69. The second-order valence-electron chi connectivity index (χ2n) is 9.69. The smallest absolute Gasteiger partial charge is 0.338 e. The standard InChI is InChI=1S/C25H34O3/c1-5-15(2)23-18(14-26)21-16(3)11-12-20(22(21)19-13-25(19,23)4)28-24(27)17-9-7-6-8-10-17/h5-10,16,18-23,26H,11-14H2,1-4H3/t16-,18-,19+,20-,21-,22-,23-,25+/m0/s1. The second kappa shape index (κ2) is 7.33. The van der Waals surface area contributed by atoms with Crippen LogP contribution in [0.1, 0.15) is 57.3 Å². The first-order valence-corrected chi connectivity index (χ1v) is 10.9. The van der Waals surface area contributed by atoms with Gasteiger partial charge in [0.25, 0.3) is 0 Å². The number of ether oxygens (including phenoxy) is 1. The van der Waals surface area contributed by atoms with Crippen molar-refractivity contribution in [3.05, 3.63) is 47.5 Å². The highest BCUT2D eigenvalue weighted by Crippen LogP contribution is 2.72. The van der Waals surface area contributed by atoms with Gasteiger partial charge in [-0.25, -0.2) is 4.79 Å². The topological polar surface area (TPSA) is 46.5 Å². The maximum absolute atomic E-state index is 12.8. The van der Waals surface area contributed by atoms with E-state index in [0.717, 1.165) is 12.8 Å². The van der Waals surface area contributed by atoms with Gasteiger partial charge in [-0.15, -0.1) is 0 Å². The molecule has 1 N–H and O–H groups in total. The lowest BCUT2D eigenvalue weighted by Gasteiger charge is -2.53. The number of carbonyl (C=O) groups is 1. The summed E-state index contributed by atoms with van der Waals surface area (Å²) in [6.07, 6.45) is 5.40. The van der Waals surface area contributed by atoms with E-state index in [0.29, 0.717) is 35.2 Å². The molecule has 3 heteroatoms. The van der Waals surface area contributed by atoms with Gasteiger partial charge in [0.15, 0.2) is 0 Å². The summed E-state index contributed by atoms with van der Waals surface area (Å²) in [6.45, 7) is 9.30. The Balaban J connectivity index is 1.63. The molecule has 152 valence electrons. The van der Waals surface area contributed by atoms with Crippen molar-refractivity contribution in [3.63, 3.8) is 0 Å². The van der Waals surface area contributed by atoms with Crippen LogP contribution in [0.25, 0.3) is 0 Å². The molecule has 3 nitrogen and oxygen atoms in total. The number of hydrogen-bond donors (Lipinski definition) is 1. The van der Waals surface area contributed by atoms with Gasteiger partial charge >= 0.3 is 5.97 Å². The lowest BCUT2D eigenvalue weighted by molar-refractivity contribution is -0.0967. The highest BCUT2D eigenvalue weighted by atomic mass is 16.5. The van der Waals surface area contributed by atoms with Crippen LogP contribution in [0.15, 0.2) is 42.0 Å². The molecule has 3 fully saturated rings. The Morgan fingerprint density at radius 3 is 2.61 bits per heavy atom. The normalized spacial score (nSPS) is 42.3. The predicted octanol–water partition coefficient (Wildman–Crippen LogP) is 5.11. The number of benzene rings is 1. The molecule has 4 rings (SSSR count). The fourth-order valence-electron chi connectivity index (χ4n) is 6.92. The van der Waals surface area contributed by atoms with E-state index in [9.17, 15) is 9.90 Å². The fourth-order valence-corrected chi connectivity index (χ4v) is 6.92. The maximum atomic E-state index is 12.8. The minimum Gasteiger partial charge on any atom is -0.458 e. The number of carbonyl (C=O) groups excluding carboxylic acids is 1. The van der Waals surface area contributed by atoms with Crippen LogP contribution < -0.4 is 0 Å². The molecule has 3 aliphatic rings. The molecule has 3 saturated carbocycles. The quantitative estimate of drug-likeness (QED) is 0.582. The lowest BCUT2D eigenvalue weighted by Crippen LogP contribution is -2.52. The van der Waals surface area contributed by atoms with Crippen LogP contribution in [0.3, 0.4) is 0 Å². The van der Waals surface area contributed by atoms with Gasteiger partial charge in [0.2, 0.25) is 0 Å². The van der Waals surface area contributed by atoms with E-state index in [4.69, 9.17) is 4.74 Å². The summed E-state index contributed by atoms with van der Waals surface area (Å²) >= 11 is 0. The van der Waals surface area contributed by atoms with Gasteiger partial charge in [-0.1, -0.05) is 43.7 Å². The zero-order valence-corrected chi connectivity index (χ0v) is 17.6. The van der Waals surface area contributed by atoms with Crippen molar-refractivity contribution in [1.82, 2.24) is 0 Å². The summed E-state index contributed by atoms with van der Waals surface area (Å²) in [6, 6.07) is 9.34.